The number of carbonyl (C=O) groups excluding carboxylic acids is 2. The highest BCUT2D eigenvalue weighted by Gasteiger charge is 2.29. The summed E-state index contributed by atoms with van der Waals surface area (Å²) in [4.78, 5) is 26.1. The number of rotatable bonds is 7. The first-order valence-electron chi connectivity index (χ1n) is 9.08. The minimum absolute atomic E-state index is 0.0629. The second kappa shape index (κ2) is 9.27. The van der Waals surface area contributed by atoms with Crippen LogP contribution >= 0.6 is 0 Å². The summed E-state index contributed by atoms with van der Waals surface area (Å²) in [6, 6.07) is 9.17. The third kappa shape index (κ3) is 5.13. The van der Waals surface area contributed by atoms with Gasteiger partial charge in [0.25, 0.3) is 0 Å². The SMILES string of the molecule is CCOC(=O)C[C@H]1COCCN1C(=O)CCc1nnc(-c2ccccc2)o1. The van der Waals surface area contributed by atoms with Gasteiger partial charge >= 0.3 is 5.97 Å². The molecule has 3 rings (SSSR count). The Hall–Kier alpha value is -2.74. The highest BCUT2D eigenvalue weighted by atomic mass is 16.5. The molecule has 8 heteroatoms. The van der Waals surface area contributed by atoms with E-state index < -0.39 is 0 Å². The van der Waals surface area contributed by atoms with E-state index in [-0.39, 0.29) is 30.8 Å². The molecule has 1 aliphatic heterocycles. The number of hydrogen-bond donors (Lipinski definition) is 0. The van der Waals surface area contributed by atoms with Crippen LogP contribution in [0.15, 0.2) is 34.7 Å². The Bertz CT molecular complexity index is 762. The lowest BCUT2D eigenvalue weighted by molar-refractivity contribution is -0.150. The molecule has 0 aliphatic carbocycles. The predicted molar refractivity (Wildman–Crippen MR) is 95.6 cm³/mol. The van der Waals surface area contributed by atoms with Crippen molar-refractivity contribution in [3.63, 3.8) is 0 Å². The highest BCUT2D eigenvalue weighted by molar-refractivity contribution is 5.78. The number of amides is 1. The average Bonchev–Trinajstić information content (AvgIpc) is 3.16. The number of aromatic nitrogens is 2. The molecule has 144 valence electrons. The van der Waals surface area contributed by atoms with Crippen LogP contribution in [0.4, 0.5) is 0 Å². The number of morpholine rings is 1. The van der Waals surface area contributed by atoms with Crippen molar-refractivity contribution in [1.29, 1.82) is 0 Å². The molecule has 0 saturated carbocycles. The van der Waals surface area contributed by atoms with Crippen LogP contribution in [0.25, 0.3) is 11.5 Å². The van der Waals surface area contributed by atoms with Crippen LogP contribution in [0.3, 0.4) is 0 Å². The van der Waals surface area contributed by atoms with Gasteiger partial charge in [-0.05, 0) is 19.1 Å². The quantitative estimate of drug-likeness (QED) is 0.684. The number of esters is 1. The van der Waals surface area contributed by atoms with E-state index in [2.05, 4.69) is 10.2 Å². The van der Waals surface area contributed by atoms with Crippen LogP contribution in [-0.4, -0.2) is 59.4 Å². The van der Waals surface area contributed by atoms with Gasteiger partial charge in [-0.3, -0.25) is 9.59 Å². The highest BCUT2D eigenvalue weighted by Crippen LogP contribution is 2.18. The number of aryl methyl sites for hydroxylation is 1. The van der Waals surface area contributed by atoms with Gasteiger partial charge < -0.3 is 18.8 Å². The lowest BCUT2D eigenvalue weighted by atomic mass is 10.1. The molecule has 1 saturated heterocycles. The molecule has 0 spiro atoms. The topological polar surface area (TPSA) is 94.8 Å². The lowest BCUT2D eigenvalue weighted by Gasteiger charge is -2.35. The third-order valence-corrected chi connectivity index (χ3v) is 4.30. The van der Waals surface area contributed by atoms with Gasteiger partial charge in [0.1, 0.15) is 0 Å². The Kier molecular flexibility index (Phi) is 6.54. The van der Waals surface area contributed by atoms with Crippen molar-refractivity contribution in [2.75, 3.05) is 26.4 Å². The van der Waals surface area contributed by atoms with E-state index >= 15 is 0 Å². The van der Waals surface area contributed by atoms with Gasteiger partial charge in [0.15, 0.2) is 0 Å². The van der Waals surface area contributed by atoms with E-state index in [9.17, 15) is 9.59 Å². The zero-order chi connectivity index (χ0) is 19.1. The normalized spacial score (nSPS) is 16.9. The molecule has 0 radical (unpaired) electrons. The van der Waals surface area contributed by atoms with Crippen LogP contribution < -0.4 is 0 Å². The van der Waals surface area contributed by atoms with Crippen LogP contribution in [0.5, 0.6) is 0 Å². The molecule has 1 amide bonds. The summed E-state index contributed by atoms with van der Waals surface area (Å²) in [6.07, 6.45) is 0.718. The van der Waals surface area contributed by atoms with Crippen LogP contribution in [0.1, 0.15) is 25.7 Å². The summed E-state index contributed by atoms with van der Waals surface area (Å²) in [6.45, 7) is 3.34. The van der Waals surface area contributed by atoms with E-state index in [0.29, 0.717) is 44.6 Å². The summed E-state index contributed by atoms with van der Waals surface area (Å²) in [5, 5.41) is 8.04. The third-order valence-electron chi connectivity index (χ3n) is 4.30. The summed E-state index contributed by atoms with van der Waals surface area (Å²) in [7, 11) is 0. The van der Waals surface area contributed by atoms with Gasteiger partial charge in [0, 0.05) is 24.9 Å². The average molecular weight is 373 g/mol. The fourth-order valence-corrected chi connectivity index (χ4v) is 2.97. The Morgan fingerprint density at radius 3 is 2.85 bits per heavy atom. The first-order chi connectivity index (χ1) is 13.2. The standard InChI is InChI=1S/C19H23N3O5/c1-2-26-18(24)12-15-13-25-11-10-22(15)17(23)9-8-16-20-21-19(27-16)14-6-4-3-5-7-14/h3-7,15H,2,8-13H2,1H3/t15-/m0/s1. The Balaban J connectivity index is 1.56. The Morgan fingerprint density at radius 2 is 2.07 bits per heavy atom. The summed E-state index contributed by atoms with van der Waals surface area (Å²) in [5.74, 6) is 0.462. The van der Waals surface area contributed by atoms with E-state index in [4.69, 9.17) is 13.9 Å². The molecule has 27 heavy (non-hydrogen) atoms. The number of benzene rings is 1. The van der Waals surface area contributed by atoms with E-state index in [1.807, 2.05) is 30.3 Å². The lowest BCUT2D eigenvalue weighted by Crippen LogP contribution is -2.49. The largest absolute Gasteiger partial charge is 0.466 e. The Labute approximate surface area is 157 Å². The monoisotopic (exact) mass is 373 g/mol. The van der Waals surface area contributed by atoms with Crippen LogP contribution in [0, 0.1) is 0 Å². The summed E-state index contributed by atoms with van der Waals surface area (Å²) in [5.41, 5.74) is 0.838. The molecule has 0 bridgehead atoms. The first kappa shape index (κ1) is 19.0. The summed E-state index contributed by atoms with van der Waals surface area (Å²) < 4.78 is 16.0. The van der Waals surface area contributed by atoms with Crippen molar-refractivity contribution in [2.24, 2.45) is 0 Å². The second-order valence-corrected chi connectivity index (χ2v) is 6.19. The molecule has 1 aromatic heterocycles. The number of nitrogens with zero attached hydrogens (tertiary/aromatic N) is 3. The van der Waals surface area contributed by atoms with Crippen molar-refractivity contribution in [1.82, 2.24) is 15.1 Å². The minimum atomic E-state index is -0.324. The predicted octanol–water partition coefficient (Wildman–Crippen LogP) is 1.85. The van der Waals surface area contributed by atoms with Crippen molar-refractivity contribution in [3.05, 3.63) is 36.2 Å². The molecular formula is C19H23N3O5. The number of ether oxygens (including phenoxy) is 2. The number of carbonyl (C=O) groups is 2. The molecular weight excluding hydrogens is 350 g/mol. The molecule has 2 aromatic rings. The zero-order valence-corrected chi connectivity index (χ0v) is 15.3. The molecule has 0 N–H and O–H groups in total. The maximum Gasteiger partial charge on any atom is 0.307 e. The first-order valence-corrected chi connectivity index (χ1v) is 9.08. The van der Waals surface area contributed by atoms with E-state index in [0.717, 1.165) is 5.56 Å². The van der Waals surface area contributed by atoms with Gasteiger partial charge in [-0.15, -0.1) is 10.2 Å². The molecule has 1 atom stereocenters. The van der Waals surface area contributed by atoms with Gasteiger partial charge in [-0.2, -0.15) is 0 Å². The van der Waals surface area contributed by atoms with Crippen molar-refractivity contribution >= 4 is 11.9 Å². The van der Waals surface area contributed by atoms with E-state index in [1.54, 1.807) is 11.8 Å². The Morgan fingerprint density at radius 1 is 1.26 bits per heavy atom. The smallest absolute Gasteiger partial charge is 0.307 e. The van der Waals surface area contributed by atoms with Crippen molar-refractivity contribution < 1.29 is 23.5 Å². The maximum absolute atomic E-state index is 12.6. The maximum atomic E-state index is 12.6. The molecule has 2 heterocycles. The van der Waals surface area contributed by atoms with Gasteiger partial charge in [-0.25, -0.2) is 0 Å². The second-order valence-electron chi connectivity index (χ2n) is 6.19. The van der Waals surface area contributed by atoms with Crippen molar-refractivity contribution in [2.45, 2.75) is 32.2 Å². The van der Waals surface area contributed by atoms with Crippen molar-refractivity contribution in [3.8, 4) is 11.5 Å². The fraction of sp³-hybridized carbons (Fsp3) is 0.474. The molecule has 8 nitrogen and oxygen atoms in total. The molecule has 1 aromatic carbocycles. The number of hydrogen-bond acceptors (Lipinski definition) is 7. The molecule has 1 aliphatic rings. The molecule has 0 unspecified atom stereocenters. The van der Waals surface area contributed by atoms with Crippen LogP contribution in [0.2, 0.25) is 0 Å². The van der Waals surface area contributed by atoms with Crippen LogP contribution in [-0.2, 0) is 25.5 Å². The minimum Gasteiger partial charge on any atom is -0.466 e. The van der Waals surface area contributed by atoms with Gasteiger partial charge in [0.2, 0.25) is 17.7 Å². The zero-order valence-electron chi connectivity index (χ0n) is 15.3. The molecule has 1 fully saturated rings. The summed E-state index contributed by atoms with van der Waals surface area (Å²) >= 11 is 0. The van der Waals surface area contributed by atoms with E-state index in [1.165, 1.54) is 0 Å². The van der Waals surface area contributed by atoms with Gasteiger partial charge in [-0.1, -0.05) is 18.2 Å². The fourth-order valence-electron chi connectivity index (χ4n) is 2.97. The van der Waals surface area contributed by atoms with Gasteiger partial charge in [0.05, 0.1) is 32.3 Å².